The zero-order valence-electron chi connectivity index (χ0n) is 19.9. The minimum atomic E-state index is 0.0550. The van der Waals surface area contributed by atoms with Crippen molar-refractivity contribution in [2.45, 2.75) is 52.0 Å². The minimum absolute atomic E-state index is 0.0550. The third-order valence-corrected chi connectivity index (χ3v) is 6.32. The van der Waals surface area contributed by atoms with Gasteiger partial charge in [0.15, 0.2) is 17.3 Å². The zero-order valence-corrected chi connectivity index (χ0v) is 19.9. The Bertz CT molecular complexity index is 1110. The molecule has 3 aromatic rings. The summed E-state index contributed by atoms with van der Waals surface area (Å²) >= 11 is 0. The molecule has 4 rings (SSSR count). The van der Waals surface area contributed by atoms with E-state index in [0.29, 0.717) is 5.56 Å². The number of aromatic nitrogens is 3. The van der Waals surface area contributed by atoms with Crippen LogP contribution in [0.3, 0.4) is 0 Å². The maximum Gasteiger partial charge on any atom is 0.255 e. The normalized spacial score (nSPS) is 16.0. The lowest BCUT2D eigenvalue weighted by Gasteiger charge is -2.36. The first-order chi connectivity index (χ1) is 16.0. The number of likely N-dealkylation sites (tertiary alicyclic amines) is 1. The number of rotatable bonds is 7. The Kier molecular flexibility index (Phi) is 6.96. The summed E-state index contributed by atoms with van der Waals surface area (Å²) in [5.41, 5.74) is 3.77. The Hall–Kier alpha value is -3.35. The zero-order chi connectivity index (χ0) is 23.4. The van der Waals surface area contributed by atoms with Gasteiger partial charge in [-0.05, 0) is 81.8 Å². The highest BCUT2D eigenvalue weighted by Gasteiger charge is 2.27. The van der Waals surface area contributed by atoms with Crippen molar-refractivity contribution >= 4 is 5.91 Å². The van der Waals surface area contributed by atoms with Crippen LogP contribution in [0, 0.1) is 13.8 Å². The second-order valence-electron chi connectivity index (χ2n) is 8.62. The molecule has 0 radical (unpaired) electrons. The average Bonchev–Trinajstić information content (AvgIpc) is 3.20. The fraction of sp³-hybridized carbons (Fsp3) is 0.423. The average molecular weight is 449 g/mol. The number of benzene rings is 1. The molecule has 1 aromatic carbocycles. The van der Waals surface area contributed by atoms with Crippen LogP contribution in [0.15, 0.2) is 42.6 Å². The summed E-state index contributed by atoms with van der Waals surface area (Å²) in [5.74, 6) is 2.24. The van der Waals surface area contributed by atoms with Crippen LogP contribution in [0.5, 0.6) is 11.5 Å². The van der Waals surface area contributed by atoms with Gasteiger partial charge in [0.1, 0.15) is 0 Å². The molecule has 174 valence electrons. The number of methoxy groups -OCH3 is 2. The molecule has 0 bridgehead atoms. The molecular formula is C26H32N4O3. The predicted molar refractivity (Wildman–Crippen MR) is 127 cm³/mol. The van der Waals surface area contributed by atoms with Crippen molar-refractivity contribution in [3.05, 3.63) is 65.1 Å². The molecule has 1 fully saturated rings. The molecule has 1 aliphatic rings. The van der Waals surface area contributed by atoms with Gasteiger partial charge in [-0.25, -0.2) is 9.67 Å². The van der Waals surface area contributed by atoms with E-state index in [4.69, 9.17) is 9.47 Å². The second-order valence-corrected chi connectivity index (χ2v) is 8.62. The Morgan fingerprint density at radius 2 is 1.88 bits per heavy atom. The summed E-state index contributed by atoms with van der Waals surface area (Å²) in [6, 6.07) is 12.0. The maximum absolute atomic E-state index is 13.4. The lowest BCUT2D eigenvalue weighted by Crippen LogP contribution is -2.44. The van der Waals surface area contributed by atoms with Crippen molar-refractivity contribution in [3.8, 4) is 17.3 Å². The molecular weight excluding hydrogens is 416 g/mol. The van der Waals surface area contributed by atoms with Gasteiger partial charge in [-0.3, -0.25) is 4.79 Å². The molecule has 0 saturated carbocycles. The Morgan fingerprint density at radius 1 is 1.06 bits per heavy atom. The fourth-order valence-corrected chi connectivity index (χ4v) is 4.60. The van der Waals surface area contributed by atoms with Crippen molar-refractivity contribution in [1.29, 1.82) is 0 Å². The smallest absolute Gasteiger partial charge is 0.255 e. The third-order valence-electron chi connectivity index (χ3n) is 6.32. The van der Waals surface area contributed by atoms with Gasteiger partial charge in [-0.2, -0.15) is 5.10 Å². The Balaban J connectivity index is 1.45. The van der Waals surface area contributed by atoms with Crippen LogP contribution in [0.1, 0.15) is 53.0 Å². The van der Waals surface area contributed by atoms with Crippen LogP contribution in [-0.4, -0.2) is 52.4 Å². The standard InChI is InChI=1S/C26H32N4O3/c1-18-15-19(2)30(28-18)25-13-10-21(17-27-25)26(31)29-14-6-5-7-22(29)11-8-20-9-12-23(32-3)24(16-20)33-4/h9-10,12-13,15-17,22H,5-8,11,14H2,1-4H3. The van der Waals surface area contributed by atoms with E-state index in [2.05, 4.69) is 16.1 Å². The van der Waals surface area contributed by atoms with Crippen molar-refractivity contribution in [3.63, 3.8) is 0 Å². The van der Waals surface area contributed by atoms with Crippen LogP contribution in [0.2, 0.25) is 0 Å². The van der Waals surface area contributed by atoms with Crippen LogP contribution in [0.25, 0.3) is 5.82 Å². The number of carbonyl (C=O) groups is 1. The monoisotopic (exact) mass is 448 g/mol. The van der Waals surface area contributed by atoms with Gasteiger partial charge in [0, 0.05) is 24.5 Å². The van der Waals surface area contributed by atoms with Crippen LogP contribution < -0.4 is 9.47 Å². The summed E-state index contributed by atoms with van der Waals surface area (Å²) in [6.07, 6.45) is 6.68. The maximum atomic E-state index is 13.4. The molecule has 1 aliphatic heterocycles. The molecule has 0 spiro atoms. The van der Waals surface area contributed by atoms with E-state index in [1.807, 2.05) is 49.1 Å². The second kappa shape index (κ2) is 10.1. The molecule has 1 saturated heterocycles. The van der Waals surface area contributed by atoms with Gasteiger partial charge >= 0.3 is 0 Å². The predicted octanol–water partition coefficient (Wildman–Crippen LogP) is 4.53. The van der Waals surface area contributed by atoms with E-state index in [0.717, 1.165) is 67.4 Å². The molecule has 1 atom stereocenters. The van der Waals surface area contributed by atoms with E-state index in [9.17, 15) is 4.79 Å². The largest absolute Gasteiger partial charge is 0.493 e. The number of amides is 1. The molecule has 7 nitrogen and oxygen atoms in total. The Morgan fingerprint density at radius 3 is 2.55 bits per heavy atom. The van der Waals surface area contributed by atoms with E-state index >= 15 is 0 Å². The minimum Gasteiger partial charge on any atom is -0.493 e. The topological polar surface area (TPSA) is 69.5 Å². The number of ether oxygens (including phenoxy) is 2. The van der Waals surface area contributed by atoms with Crippen LogP contribution in [0.4, 0.5) is 0 Å². The number of aryl methyl sites for hydroxylation is 3. The number of carbonyl (C=O) groups excluding carboxylic acids is 1. The van der Waals surface area contributed by atoms with Gasteiger partial charge in [0.25, 0.3) is 5.91 Å². The highest BCUT2D eigenvalue weighted by molar-refractivity contribution is 5.94. The van der Waals surface area contributed by atoms with E-state index in [-0.39, 0.29) is 11.9 Å². The molecule has 3 heterocycles. The highest BCUT2D eigenvalue weighted by atomic mass is 16.5. The number of hydrogen-bond acceptors (Lipinski definition) is 5. The first-order valence-corrected chi connectivity index (χ1v) is 11.5. The summed E-state index contributed by atoms with van der Waals surface area (Å²) in [5, 5.41) is 4.48. The van der Waals surface area contributed by atoms with E-state index < -0.39 is 0 Å². The fourth-order valence-electron chi connectivity index (χ4n) is 4.60. The van der Waals surface area contributed by atoms with Crippen LogP contribution >= 0.6 is 0 Å². The molecule has 1 amide bonds. The van der Waals surface area contributed by atoms with Crippen molar-refractivity contribution in [2.24, 2.45) is 0 Å². The summed E-state index contributed by atoms with van der Waals surface area (Å²) in [4.78, 5) is 19.9. The van der Waals surface area contributed by atoms with Gasteiger partial charge in [0.2, 0.25) is 0 Å². The lowest BCUT2D eigenvalue weighted by molar-refractivity contribution is 0.0601. The lowest BCUT2D eigenvalue weighted by atomic mass is 9.95. The first kappa shape index (κ1) is 22.8. The van der Waals surface area contributed by atoms with Crippen molar-refractivity contribution in [1.82, 2.24) is 19.7 Å². The summed E-state index contributed by atoms with van der Waals surface area (Å²) in [7, 11) is 3.29. The van der Waals surface area contributed by atoms with Crippen molar-refractivity contribution in [2.75, 3.05) is 20.8 Å². The molecule has 33 heavy (non-hydrogen) atoms. The SMILES string of the molecule is COc1ccc(CCC2CCCCN2C(=O)c2ccc(-n3nc(C)cc3C)nc2)cc1OC. The molecule has 7 heteroatoms. The van der Waals surface area contributed by atoms with Crippen molar-refractivity contribution < 1.29 is 14.3 Å². The van der Waals surface area contributed by atoms with E-state index in [1.54, 1.807) is 25.1 Å². The number of hydrogen-bond donors (Lipinski definition) is 0. The van der Waals surface area contributed by atoms with Gasteiger partial charge < -0.3 is 14.4 Å². The molecule has 2 aromatic heterocycles. The Labute approximate surface area is 195 Å². The number of pyridine rings is 1. The quantitative estimate of drug-likeness (QED) is 0.531. The third kappa shape index (κ3) is 5.02. The molecule has 1 unspecified atom stereocenters. The summed E-state index contributed by atoms with van der Waals surface area (Å²) in [6.45, 7) is 4.74. The number of piperidine rings is 1. The molecule has 0 N–H and O–H groups in total. The molecule has 0 aliphatic carbocycles. The number of nitrogens with zero attached hydrogens (tertiary/aromatic N) is 4. The van der Waals surface area contributed by atoms with E-state index in [1.165, 1.54) is 5.56 Å². The highest BCUT2D eigenvalue weighted by Crippen LogP contribution is 2.29. The van der Waals surface area contributed by atoms with Gasteiger partial charge in [-0.15, -0.1) is 0 Å². The van der Waals surface area contributed by atoms with Crippen LogP contribution in [-0.2, 0) is 6.42 Å². The first-order valence-electron chi connectivity index (χ1n) is 11.5. The van der Waals surface area contributed by atoms with Gasteiger partial charge in [0.05, 0.1) is 25.5 Å². The van der Waals surface area contributed by atoms with Gasteiger partial charge in [-0.1, -0.05) is 6.07 Å². The summed E-state index contributed by atoms with van der Waals surface area (Å²) < 4.78 is 12.6.